The SMILES string of the molecule is CN1C(=O)C2(CCCC2)N(C)c2ncncc21. The van der Waals surface area contributed by atoms with Crippen molar-refractivity contribution >= 4 is 17.4 Å². The lowest BCUT2D eigenvalue weighted by Gasteiger charge is -2.45. The van der Waals surface area contributed by atoms with Crippen LogP contribution in [-0.4, -0.2) is 35.5 Å². The highest BCUT2D eigenvalue weighted by atomic mass is 16.2. The lowest BCUT2D eigenvalue weighted by molar-refractivity contribution is -0.123. The van der Waals surface area contributed by atoms with E-state index in [4.69, 9.17) is 0 Å². The molecule has 2 aliphatic rings. The molecule has 1 fully saturated rings. The van der Waals surface area contributed by atoms with Gasteiger partial charge in [0.1, 0.15) is 17.6 Å². The average molecular weight is 232 g/mol. The fraction of sp³-hybridized carbons (Fsp3) is 0.583. The molecule has 0 N–H and O–H groups in total. The van der Waals surface area contributed by atoms with Crippen LogP contribution in [0.3, 0.4) is 0 Å². The minimum Gasteiger partial charge on any atom is -0.343 e. The molecular weight excluding hydrogens is 216 g/mol. The summed E-state index contributed by atoms with van der Waals surface area (Å²) in [6, 6.07) is 0. The largest absolute Gasteiger partial charge is 0.343 e. The second kappa shape index (κ2) is 3.42. The number of anilines is 2. The van der Waals surface area contributed by atoms with E-state index in [0.717, 1.165) is 37.2 Å². The van der Waals surface area contributed by atoms with Gasteiger partial charge in [-0.1, -0.05) is 12.8 Å². The highest BCUT2D eigenvalue weighted by Gasteiger charge is 2.50. The summed E-state index contributed by atoms with van der Waals surface area (Å²) in [6.07, 6.45) is 7.33. The molecular formula is C12H16N4O. The molecule has 17 heavy (non-hydrogen) atoms. The Hall–Kier alpha value is -1.65. The first kappa shape index (κ1) is 10.5. The van der Waals surface area contributed by atoms with Crippen LogP contribution in [0.15, 0.2) is 12.5 Å². The van der Waals surface area contributed by atoms with Crippen molar-refractivity contribution in [3.63, 3.8) is 0 Å². The first-order valence-corrected chi connectivity index (χ1v) is 5.99. The number of likely N-dealkylation sites (N-methyl/N-ethyl adjacent to an activating group) is 2. The van der Waals surface area contributed by atoms with Crippen molar-refractivity contribution in [1.29, 1.82) is 0 Å². The van der Waals surface area contributed by atoms with Gasteiger partial charge >= 0.3 is 0 Å². The summed E-state index contributed by atoms with van der Waals surface area (Å²) in [4.78, 5) is 24.6. The van der Waals surface area contributed by atoms with Gasteiger partial charge < -0.3 is 9.80 Å². The maximum Gasteiger partial charge on any atom is 0.252 e. The summed E-state index contributed by atoms with van der Waals surface area (Å²) in [5.41, 5.74) is 0.438. The van der Waals surface area contributed by atoms with Crippen molar-refractivity contribution in [3.8, 4) is 0 Å². The van der Waals surface area contributed by atoms with E-state index < -0.39 is 0 Å². The van der Waals surface area contributed by atoms with Crippen molar-refractivity contribution < 1.29 is 4.79 Å². The first-order valence-electron chi connectivity index (χ1n) is 5.99. The summed E-state index contributed by atoms with van der Waals surface area (Å²) in [5, 5.41) is 0. The molecule has 0 radical (unpaired) electrons. The monoisotopic (exact) mass is 232 g/mol. The second-order valence-electron chi connectivity index (χ2n) is 4.89. The standard InChI is InChI=1S/C12H16N4O/c1-15-9-7-13-8-14-10(9)16(2)12(11(15)17)5-3-4-6-12/h7-8H,3-6H2,1-2H3. The molecule has 0 saturated heterocycles. The molecule has 1 aromatic rings. The zero-order valence-electron chi connectivity index (χ0n) is 10.2. The number of amides is 1. The van der Waals surface area contributed by atoms with E-state index >= 15 is 0 Å². The van der Waals surface area contributed by atoms with Crippen molar-refractivity contribution in [2.45, 2.75) is 31.2 Å². The minimum absolute atomic E-state index is 0.180. The zero-order valence-corrected chi connectivity index (χ0v) is 10.2. The van der Waals surface area contributed by atoms with E-state index in [1.807, 2.05) is 14.1 Å². The molecule has 1 saturated carbocycles. The number of hydrogen-bond donors (Lipinski definition) is 0. The van der Waals surface area contributed by atoms with Crippen LogP contribution in [0, 0.1) is 0 Å². The van der Waals surface area contributed by atoms with Crippen LogP contribution in [0.25, 0.3) is 0 Å². The van der Waals surface area contributed by atoms with Gasteiger partial charge in [-0.15, -0.1) is 0 Å². The van der Waals surface area contributed by atoms with Crippen molar-refractivity contribution in [3.05, 3.63) is 12.5 Å². The smallest absolute Gasteiger partial charge is 0.252 e. The number of rotatable bonds is 0. The number of nitrogens with zero attached hydrogens (tertiary/aromatic N) is 4. The number of fused-ring (bicyclic) bond motifs is 1. The van der Waals surface area contributed by atoms with Gasteiger partial charge in [-0.25, -0.2) is 9.97 Å². The molecule has 3 rings (SSSR count). The van der Waals surface area contributed by atoms with Crippen LogP contribution in [0.1, 0.15) is 25.7 Å². The maximum atomic E-state index is 12.6. The van der Waals surface area contributed by atoms with Crippen LogP contribution in [0.4, 0.5) is 11.5 Å². The molecule has 5 nitrogen and oxygen atoms in total. The number of carbonyl (C=O) groups excluding carboxylic acids is 1. The van der Waals surface area contributed by atoms with Gasteiger partial charge in [-0.2, -0.15) is 0 Å². The van der Waals surface area contributed by atoms with Gasteiger partial charge in [0.2, 0.25) is 0 Å². The maximum absolute atomic E-state index is 12.6. The molecule has 1 amide bonds. The third-order valence-electron chi connectivity index (χ3n) is 4.13. The summed E-state index contributed by atoms with van der Waals surface area (Å²) in [6.45, 7) is 0. The van der Waals surface area contributed by atoms with E-state index in [9.17, 15) is 4.79 Å². The van der Waals surface area contributed by atoms with Crippen LogP contribution in [-0.2, 0) is 4.79 Å². The third kappa shape index (κ3) is 1.22. The lowest BCUT2D eigenvalue weighted by Crippen LogP contribution is -2.60. The Balaban J connectivity index is 2.16. The topological polar surface area (TPSA) is 49.3 Å². The Kier molecular flexibility index (Phi) is 2.11. The summed E-state index contributed by atoms with van der Waals surface area (Å²) >= 11 is 0. The van der Waals surface area contributed by atoms with Gasteiger partial charge in [0.15, 0.2) is 5.82 Å². The summed E-state index contributed by atoms with van der Waals surface area (Å²) in [7, 11) is 3.79. The van der Waals surface area contributed by atoms with E-state index in [-0.39, 0.29) is 11.4 Å². The minimum atomic E-state index is -0.365. The average Bonchev–Trinajstić information content (AvgIpc) is 2.85. The van der Waals surface area contributed by atoms with Crippen LogP contribution < -0.4 is 9.80 Å². The Labute approximate surface area is 100 Å². The molecule has 0 atom stereocenters. The number of carbonyl (C=O) groups is 1. The Bertz CT molecular complexity index is 467. The van der Waals surface area contributed by atoms with Crippen LogP contribution >= 0.6 is 0 Å². The molecule has 0 aromatic carbocycles. The van der Waals surface area contributed by atoms with Crippen LogP contribution in [0.5, 0.6) is 0 Å². The van der Waals surface area contributed by atoms with Gasteiger partial charge in [0, 0.05) is 14.1 Å². The van der Waals surface area contributed by atoms with Crippen molar-refractivity contribution in [2.24, 2.45) is 0 Å². The highest BCUT2D eigenvalue weighted by Crippen LogP contribution is 2.44. The quantitative estimate of drug-likeness (QED) is 0.674. The molecule has 1 aromatic heterocycles. The van der Waals surface area contributed by atoms with Gasteiger partial charge in [0.05, 0.1) is 6.20 Å². The van der Waals surface area contributed by atoms with E-state index in [1.165, 1.54) is 0 Å². The third-order valence-corrected chi connectivity index (χ3v) is 4.13. The van der Waals surface area contributed by atoms with Crippen molar-refractivity contribution in [2.75, 3.05) is 23.9 Å². The molecule has 0 bridgehead atoms. The highest BCUT2D eigenvalue weighted by molar-refractivity contribution is 6.07. The fourth-order valence-corrected chi connectivity index (χ4v) is 3.09. The fourth-order valence-electron chi connectivity index (χ4n) is 3.09. The lowest BCUT2D eigenvalue weighted by atomic mass is 9.91. The zero-order chi connectivity index (χ0) is 12.0. The van der Waals surface area contributed by atoms with Gasteiger partial charge in [-0.05, 0) is 12.8 Å². The normalized spacial score (nSPS) is 22.1. The molecule has 1 aliphatic carbocycles. The predicted octanol–water partition coefficient (Wildman–Crippen LogP) is 1.20. The number of aromatic nitrogens is 2. The molecule has 1 aliphatic heterocycles. The van der Waals surface area contributed by atoms with Crippen molar-refractivity contribution in [1.82, 2.24) is 9.97 Å². The Morgan fingerprint density at radius 3 is 2.71 bits per heavy atom. The molecule has 5 heteroatoms. The first-order chi connectivity index (χ1) is 8.17. The Morgan fingerprint density at radius 1 is 1.29 bits per heavy atom. The number of hydrogen-bond acceptors (Lipinski definition) is 4. The summed E-state index contributed by atoms with van der Waals surface area (Å²) in [5.74, 6) is 1.05. The van der Waals surface area contributed by atoms with E-state index in [2.05, 4.69) is 14.9 Å². The van der Waals surface area contributed by atoms with Gasteiger partial charge in [-0.3, -0.25) is 4.79 Å². The summed E-state index contributed by atoms with van der Waals surface area (Å²) < 4.78 is 0. The molecule has 0 unspecified atom stereocenters. The van der Waals surface area contributed by atoms with Crippen LogP contribution in [0.2, 0.25) is 0 Å². The van der Waals surface area contributed by atoms with E-state index in [0.29, 0.717) is 0 Å². The van der Waals surface area contributed by atoms with E-state index in [1.54, 1.807) is 17.4 Å². The molecule has 1 spiro atoms. The van der Waals surface area contributed by atoms with Gasteiger partial charge in [0.25, 0.3) is 5.91 Å². The molecule has 90 valence electrons. The predicted molar refractivity (Wildman–Crippen MR) is 65.0 cm³/mol. The Morgan fingerprint density at radius 2 is 2.00 bits per heavy atom. The second-order valence-corrected chi connectivity index (χ2v) is 4.89. The molecule has 2 heterocycles.